The first-order valence-electron chi connectivity index (χ1n) is 13.3. The van der Waals surface area contributed by atoms with Crippen LogP contribution in [0.5, 0.6) is 0 Å². The molecule has 1 aromatic heterocycles. The van der Waals surface area contributed by atoms with Gasteiger partial charge < -0.3 is 15.0 Å². The third-order valence-electron chi connectivity index (χ3n) is 8.23. The van der Waals surface area contributed by atoms with Crippen LogP contribution >= 0.6 is 0 Å². The predicted octanol–water partition coefficient (Wildman–Crippen LogP) is 5.73. The van der Waals surface area contributed by atoms with Crippen molar-refractivity contribution in [1.82, 2.24) is 15.2 Å². The lowest BCUT2D eigenvalue weighted by atomic mass is 9.74. The molecule has 1 aromatic rings. The molecular formula is C28H43N3O3. The fourth-order valence-electron chi connectivity index (χ4n) is 6.23. The van der Waals surface area contributed by atoms with Gasteiger partial charge in [0.1, 0.15) is 5.60 Å². The molecule has 0 saturated heterocycles. The Morgan fingerprint density at radius 3 is 2.59 bits per heavy atom. The molecule has 0 aromatic carbocycles. The number of hydrogen-bond acceptors (Lipinski definition) is 4. The quantitative estimate of drug-likeness (QED) is 0.611. The normalized spacial score (nSPS) is 25.8. The highest BCUT2D eigenvalue weighted by Gasteiger charge is 2.50. The summed E-state index contributed by atoms with van der Waals surface area (Å²) in [5.74, 6) is 1.07. The second-order valence-corrected chi connectivity index (χ2v) is 12.1. The van der Waals surface area contributed by atoms with Gasteiger partial charge in [-0.3, -0.25) is 9.78 Å². The van der Waals surface area contributed by atoms with Crippen LogP contribution in [0.1, 0.15) is 109 Å². The van der Waals surface area contributed by atoms with E-state index in [4.69, 9.17) is 9.72 Å². The number of amides is 2. The number of carbonyl (C=O) groups is 2. The Hall–Kier alpha value is -2.11. The molecule has 0 unspecified atom stereocenters. The van der Waals surface area contributed by atoms with E-state index >= 15 is 0 Å². The number of hydrogen-bond donors (Lipinski definition) is 1. The summed E-state index contributed by atoms with van der Waals surface area (Å²) in [4.78, 5) is 33.2. The summed E-state index contributed by atoms with van der Waals surface area (Å²) in [6.45, 7) is 11.3. The fourth-order valence-corrected chi connectivity index (χ4v) is 6.23. The highest BCUT2D eigenvalue weighted by atomic mass is 16.6. The Labute approximate surface area is 205 Å². The summed E-state index contributed by atoms with van der Waals surface area (Å²) in [6.07, 6.45) is 11.3. The number of nitrogens with zero attached hydrogens (tertiary/aromatic N) is 2. The molecule has 2 fully saturated rings. The van der Waals surface area contributed by atoms with Crippen molar-refractivity contribution in [2.75, 3.05) is 6.54 Å². The Morgan fingerprint density at radius 2 is 1.91 bits per heavy atom. The number of aromatic nitrogens is 1. The molecule has 6 heteroatoms. The molecule has 2 aliphatic carbocycles. The molecule has 3 aliphatic rings. The van der Waals surface area contributed by atoms with Crippen molar-refractivity contribution in [2.45, 2.75) is 117 Å². The van der Waals surface area contributed by atoms with Gasteiger partial charge in [-0.1, -0.05) is 39.2 Å². The van der Waals surface area contributed by atoms with Gasteiger partial charge in [-0.25, -0.2) is 4.79 Å². The molecule has 2 amide bonds. The lowest BCUT2D eigenvalue weighted by Crippen LogP contribution is -2.48. The highest BCUT2D eigenvalue weighted by Crippen LogP contribution is 2.46. The van der Waals surface area contributed by atoms with Gasteiger partial charge >= 0.3 is 6.09 Å². The van der Waals surface area contributed by atoms with Crippen molar-refractivity contribution < 1.29 is 14.3 Å². The highest BCUT2D eigenvalue weighted by molar-refractivity contribution is 5.84. The van der Waals surface area contributed by atoms with E-state index in [0.29, 0.717) is 18.9 Å². The minimum absolute atomic E-state index is 0.0298. The topological polar surface area (TPSA) is 71.5 Å². The van der Waals surface area contributed by atoms with Gasteiger partial charge in [0, 0.05) is 37.4 Å². The van der Waals surface area contributed by atoms with E-state index in [-0.39, 0.29) is 17.9 Å². The molecule has 2 atom stereocenters. The molecule has 1 aliphatic heterocycles. The first kappa shape index (κ1) is 25.0. The average Bonchev–Trinajstić information content (AvgIpc) is 3.22. The molecule has 34 heavy (non-hydrogen) atoms. The van der Waals surface area contributed by atoms with Crippen LogP contribution in [-0.4, -0.2) is 40.1 Å². The monoisotopic (exact) mass is 469 g/mol. The van der Waals surface area contributed by atoms with Crippen LogP contribution in [0, 0.1) is 11.3 Å². The van der Waals surface area contributed by atoms with Crippen molar-refractivity contribution >= 4 is 12.0 Å². The molecule has 2 heterocycles. The standard InChI is InChI=1S/C28H43N3O3/c1-19(2)28(13-11-23(16-28)30-26(33)34-27(3,4)5)25(32)31-14-12-24-22(18-31)15-21(17-29-24)20-9-7-6-8-10-20/h15,17,19-20,23H,6-14,16,18H2,1-5H3,(H,30,33)/t23-,28+/m1/s1. The number of alkyl carbamates (subject to hydrolysis) is 1. The zero-order chi connectivity index (χ0) is 24.5. The van der Waals surface area contributed by atoms with E-state index in [1.807, 2.05) is 20.8 Å². The van der Waals surface area contributed by atoms with Crippen LogP contribution in [0.2, 0.25) is 0 Å². The molecule has 0 bridgehead atoms. The van der Waals surface area contributed by atoms with Crippen molar-refractivity contribution in [3.63, 3.8) is 0 Å². The first-order chi connectivity index (χ1) is 16.1. The van der Waals surface area contributed by atoms with Crippen molar-refractivity contribution in [3.05, 3.63) is 29.1 Å². The Bertz CT molecular complexity index is 901. The maximum absolute atomic E-state index is 14.0. The molecule has 188 valence electrons. The summed E-state index contributed by atoms with van der Waals surface area (Å²) < 4.78 is 5.45. The number of ether oxygens (including phenoxy) is 1. The maximum atomic E-state index is 14.0. The van der Waals surface area contributed by atoms with Crippen LogP contribution < -0.4 is 5.32 Å². The average molecular weight is 470 g/mol. The van der Waals surface area contributed by atoms with E-state index < -0.39 is 17.1 Å². The van der Waals surface area contributed by atoms with Crippen molar-refractivity contribution in [1.29, 1.82) is 0 Å². The van der Waals surface area contributed by atoms with Crippen LogP contribution in [0.15, 0.2) is 12.3 Å². The van der Waals surface area contributed by atoms with Crippen LogP contribution in [0.25, 0.3) is 0 Å². The van der Waals surface area contributed by atoms with Crippen LogP contribution in [-0.2, 0) is 22.5 Å². The number of rotatable bonds is 4. The van der Waals surface area contributed by atoms with Gasteiger partial charge in [0.2, 0.25) is 5.91 Å². The van der Waals surface area contributed by atoms with E-state index in [0.717, 1.165) is 31.5 Å². The van der Waals surface area contributed by atoms with Gasteiger partial charge in [0.25, 0.3) is 0 Å². The summed E-state index contributed by atoms with van der Waals surface area (Å²) in [6, 6.07) is 2.30. The SMILES string of the molecule is CC(C)[C@]1(C(=O)N2CCc3ncc(C4CCCCC4)cc3C2)CC[C@@H](NC(=O)OC(C)(C)C)C1. The van der Waals surface area contributed by atoms with Crippen LogP contribution in [0.4, 0.5) is 4.79 Å². The lowest BCUT2D eigenvalue weighted by Gasteiger charge is -2.39. The van der Waals surface area contributed by atoms with Crippen molar-refractivity contribution in [3.8, 4) is 0 Å². The Morgan fingerprint density at radius 1 is 1.18 bits per heavy atom. The van der Waals surface area contributed by atoms with Gasteiger partial charge in [-0.05, 0) is 75.8 Å². The lowest BCUT2D eigenvalue weighted by molar-refractivity contribution is -0.145. The zero-order valence-electron chi connectivity index (χ0n) is 21.8. The minimum Gasteiger partial charge on any atom is -0.444 e. The van der Waals surface area contributed by atoms with E-state index in [9.17, 15) is 9.59 Å². The summed E-state index contributed by atoms with van der Waals surface area (Å²) in [7, 11) is 0. The van der Waals surface area contributed by atoms with Gasteiger partial charge in [-0.2, -0.15) is 0 Å². The number of fused-ring (bicyclic) bond motifs is 1. The van der Waals surface area contributed by atoms with Crippen molar-refractivity contribution in [2.24, 2.45) is 11.3 Å². The molecule has 4 rings (SSSR count). The van der Waals surface area contributed by atoms with E-state index in [1.54, 1.807) is 0 Å². The number of carbonyl (C=O) groups excluding carboxylic acids is 2. The van der Waals surface area contributed by atoms with Gasteiger partial charge in [-0.15, -0.1) is 0 Å². The molecule has 6 nitrogen and oxygen atoms in total. The third kappa shape index (κ3) is 5.41. The molecule has 2 saturated carbocycles. The van der Waals surface area contributed by atoms with Gasteiger partial charge in [0.15, 0.2) is 0 Å². The Kier molecular flexibility index (Phi) is 7.25. The minimum atomic E-state index is -0.528. The van der Waals surface area contributed by atoms with Gasteiger partial charge in [0.05, 0.1) is 5.41 Å². The van der Waals surface area contributed by atoms with E-state index in [1.165, 1.54) is 43.2 Å². The zero-order valence-corrected chi connectivity index (χ0v) is 21.8. The maximum Gasteiger partial charge on any atom is 0.407 e. The largest absolute Gasteiger partial charge is 0.444 e. The molecule has 0 radical (unpaired) electrons. The third-order valence-corrected chi connectivity index (χ3v) is 8.23. The molecular weight excluding hydrogens is 426 g/mol. The number of pyridine rings is 1. The summed E-state index contributed by atoms with van der Waals surface area (Å²) in [5, 5.41) is 3.02. The fraction of sp³-hybridized carbons (Fsp3) is 0.750. The number of nitrogens with one attached hydrogen (secondary N) is 1. The molecule has 1 N–H and O–H groups in total. The summed E-state index contributed by atoms with van der Waals surface area (Å²) >= 11 is 0. The smallest absolute Gasteiger partial charge is 0.407 e. The Balaban J connectivity index is 1.45. The van der Waals surface area contributed by atoms with E-state index in [2.05, 4.69) is 36.3 Å². The second kappa shape index (κ2) is 9.87. The summed E-state index contributed by atoms with van der Waals surface area (Å²) in [5.41, 5.74) is 2.76. The predicted molar refractivity (Wildman–Crippen MR) is 133 cm³/mol. The second-order valence-electron chi connectivity index (χ2n) is 12.1. The van der Waals surface area contributed by atoms with Crippen LogP contribution in [0.3, 0.4) is 0 Å². The first-order valence-corrected chi connectivity index (χ1v) is 13.3. The molecule has 0 spiro atoms.